The van der Waals surface area contributed by atoms with Crippen LogP contribution in [0.1, 0.15) is 72.4 Å². The molecule has 0 spiro atoms. The first kappa shape index (κ1) is 29.7. The number of benzene rings is 2. The maximum absolute atomic E-state index is 12.4. The Morgan fingerprint density at radius 2 is 1.71 bits per heavy atom. The first-order valence-electron chi connectivity index (χ1n) is 13.7. The van der Waals surface area contributed by atoms with Gasteiger partial charge in [0, 0.05) is 33.0 Å². The molecule has 218 valence electrons. The molecule has 0 atom stereocenters. The molecule has 2 aromatic rings. The third kappa shape index (κ3) is 7.91. The van der Waals surface area contributed by atoms with Gasteiger partial charge in [-0.15, -0.1) is 5.06 Å². The Bertz CT molecular complexity index is 1310. The topological polar surface area (TPSA) is 127 Å². The number of carbonyl (C=O) groups excluding carboxylic acids is 4. The Labute approximate surface area is 239 Å². The van der Waals surface area contributed by atoms with Gasteiger partial charge in [0.2, 0.25) is 11.9 Å². The summed E-state index contributed by atoms with van der Waals surface area (Å²) in [6.45, 7) is 8.70. The van der Waals surface area contributed by atoms with Crippen LogP contribution < -0.4 is 10.1 Å². The highest BCUT2D eigenvalue weighted by Gasteiger charge is 2.36. The van der Waals surface area contributed by atoms with Gasteiger partial charge < -0.3 is 14.4 Å². The van der Waals surface area contributed by atoms with Crippen molar-refractivity contribution in [1.29, 1.82) is 0 Å². The number of imide groups is 1. The van der Waals surface area contributed by atoms with E-state index in [0.29, 0.717) is 55.3 Å². The highest BCUT2D eigenvalue weighted by molar-refractivity contribution is 6.20. The molecule has 0 radical (unpaired) electrons. The van der Waals surface area contributed by atoms with E-state index in [1.165, 1.54) is 6.92 Å². The number of carbonyl (C=O) groups is 4. The van der Waals surface area contributed by atoms with Gasteiger partial charge in [0.05, 0.1) is 11.1 Å². The highest BCUT2D eigenvalue weighted by Crippen LogP contribution is 2.25. The molecule has 2 aliphatic heterocycles. The average Bonchev–Trinajstić information content (AvgIpc) is 3.16. The summed E-state index contributed by atoms with van der Waals surface area (Å²) in [4.78, 5) is 60.6. The number of rotatable bonds is 9. The van der Waals surface area contributed by atoms with Crippen LogP contribution in [0.5, 0.6) is 5.75 Å². The molecule has 3 amide bonds. The fourth-order valence-corrected chi connectivity index (χ4v) is 4.55. The largest absolute Gasteiger partial charge is 0.491 e. The van der Waals surface area contributed by atoms with Crippen LogP contribution in [0, 0.1) is 0 Å². The Balaban J connectivity index is 1.27. The molecule has 4 rings (SSSR count). The van der Waals surface area contributed by atoms with Crippen molar-refractivity contribution in [3.63, 3.8) is 0 Å². The van der Waals surface area contributed by atoms with E-state index in [9.17, 15) is 19.2 Å². The van der Waals surface area contributed by atoms with Gasteiger partial charge in [0.25, 0.3) is 11.8 Å². The van der Waals surface area contributed by atoms with Gasteiger partial charge in [0.15, 0.2) is 0 Å². The average molecular weight is 565 g/mol. The van der Waals surface area contributed by atoms with E-state index in [1.54, 1.807) is 24.3 Å². The molecular weight excluding hydrogens is 528 g/mol. The van der Waals surface area contributed by atoms with Crippen molar-refractivity contribution >= 4 is 29.7 Å². The minimum absolute atomic E-state index is 0.0286. The second-order valence-electron chi connectivity index (χ2n) is 10.8. The summed E-state index contributed by atoms with van der Waals surface area (Å²) in [5.74, 6) is -0.301. The molecule has 41 heavy (non-hydrogen) atoms. The van der Waals surface area contributed by atoms with Gasteiger partial charge in [-0.2, -0.15) is 0 Å². The van der Waals surface area contributed by atoms with Gasteiger partial charge >= 0.3 is 5.97 Å². The molecule has 0 bridgehead atoms. The summed E-state index contributed by atoms with van der Waals surface area (Å²) in [6, 6.07) is 12.4. The molecule has 0 fully saturated rings. The molecule has 0 saturated carbocycles. The number of aliphatic imine (C=N–C) groups is 1. The Kier molecular flexibility index (Phi) is 9.38. The molecule has 0 saturated heterocycles. The minimum atomic E-state index is -0.525. The predicted molar refractivity (Wildman–Crippen MR) is 150 cm³/mol. The number of amides is 3. The molecule has 11 heteroatoms. The summed E-state index contributed by atoms with van der Waals surface area (Å²) in [5, 5.41) is 3.60. The maximum Gasteiger partial charge on any atom is 0.306 e. The summed E-state index contributed by atoms with van der Waals surface area (Å²) in [7, 11) is 0. The Morgan fingerprint density at radius 3 is 2.37 bits per heavy atom. The molecule has 2 aromatic carbocycles. The van der Waals surface area contributed by atoms with Gasteiger partial charge in [-0.1, -0.05) is 18.2 Å². The van der Waals surface area contributed by atoms with Crippen molar-refractivity contribution in [2.24, 2.45) is 4.99 Å². The van der Waals surface area contributed by atoms with Crippen molar-refractivity contribution in [3.8, 4) is 5.75 Å². The standard InChI is InChI=1S/C30H36N4O7/c1-20(35)32-29(31-14-7-10-26(36)41-30(2,3)4)33-15-13-21-18-23(12-11-22(21)19-33)39-16-17-40-34-27(37)24-8-5-6-9-25(24)28(34)38/h5-6,8-9,11-12,18H,7,10,13-17,19H2,1-4H3,(H,31,32,35). The van der Waals surface area contributed by atoms with E-state index in [0.717, 1.165) is 16.2 Å². The second kappa shape index (κ2) is 12.9. The lowest BCUT2D eigenvalue weighted by molar-refractivity contribution is -0.154. The van der Waals surface area contributed by atoms with Crippen LogP contribution >= 0.6 is 0 Å². The smallest absolute Gasteiger partial charge is 0.306 e. The number of hydroxylamine groups is 2. The number of hydrogen-bond acceptors (Lipinski definition) is 8. The number of guanidine groups is 1. The van der Waals surface area contributed by atoms with Crippen molar-refractivity contribution < 1.29 is 33.5 Å². The maximum atomic E-state index is 12.4. The van der Waals surface area contributed by atoms with Crippen molar-refractivity contribution in [3.05, 3.63) is 64.7 Å². The number of nitrogens with zero attached hydrogens (tertiary/aromatic N) is 3. The fraction of sp³-hybridized carbons (Fsp3) is 0.433. The predicted octanol–water partition coefficient (Wildman–Crippen LogP) is 3.27. The molecule has 0 aromatic heterocycles. The van der Waals surface area contributed by atoms with Crippen LogP contribution in [-0.4, -0.2) is 71.5 Å². The van der Waals surface area contributed by atoms with E-state index in [2.05, 4.69) is 10.3 Å². The van der Waals surface area contributed by atoms with Gasteiger partial charge in [-0.3, -0.25) is 34.3 Å². The third-order valence-corrected chi connectivity index (χ3v) is 6.33. The summed E-state index contributed by atoms with van der Waals surface area (Å²) >= 11 is 0. The second-order valence-corrected chi connectivity index (χ2v) is 10.8. The van der Waals surface area contributed by atoms with Crippen LogP contribution in [0.15, 0.2) is 47.5 Å². The van der Waals surface area contributed by atoms with Gasteiger partial charge in [-0.25, -0.2) is 0 Å². The fourth-order valence-electron chi connectivity index (χ4n) is 4.55. The number of fused-ring (bicyclic) bond motifs is 2. The minimum Gasteiger partial charge on any atom is -0.491 e. The first-order valence-corrected chi connectivity index (χ1v) is 13.7. The third-order valence-electron chi connectivity index (χ3n) is 6.33. The Morgan fingerprint density at radius 1 is 1.00 bits per heavy atom. The van der Waals surface area contributed by atoms with Crippen LogP contribution in [0.4, 0.5) is 0 Å². The molecule has 11 nitrogen and oxygen atoms in total. The van der Waals surface area contributed by atoms with E-state index in [-0.39, 0.29) is 31.5 Å². The van der Waals surface area contributed by atoms with E-state index >= 15 is 0 Å². The number of hydrogen-bond donors (Lipinski definition) is 1. The molecular formula is C30H36N4O7. The normalized spacial score (nSPS) is 15.0. The van der Waals surface area contributed by atoms with Crippen LogP contribution in [0.25, 0.3) is 0 Å². The van der Waals surface area contributed by atoms with E-state index < -0.39 is 17.4 Å². The lowest BCUT2D eigenvalue weighted by atomic mass is 9.99. The van der Waals surface area contributed by atoms with Crippen LogP contribution in [0.3, 0.4) is 0 Å². The summed E-state index contributed by atoms with van der Waals surface area (Å²) < 4.78 is 11.2. The van der Waals surface area contributed by atoms with Crippen molar-refractivity contribution in [2.45, 2.75) is 59.1 Å². The zero-order valence-corrected chi connectivity index (χ0v) is 23.9. The number of ether oxygens (including phenoxy) is 2. The number of nitrogens with one attached hydrogen (secondary N) is 1. The molecule has 0 unspecified atom stereocenters. The zero-order chi connectivity index (χ0) is 29.6. The van der Waals surface area contributed by atoms with Crippen LogP contribution in [0.2, 0.25) is 0 Å². The lowest BCUT2D eigenvalue weighted by Crippen LogP contribution is -2.45. The Hall–Kier alpha value is -4.25. The highest BCUT2D eigenvalue weighted by atomic mass is 16.7. The summed E-state index contributed by atoms with van der Waals surface area (Å²) in [6.07, 6.45) is 1.48. The molecule has 1 N–H and O–H groups in total. The zero-order valence-electron chi connectivity index (χ0n) is 23.9. The lowest BCUT2D eigenvalue weighted by Gasteiger charge is -2.31. The van der Waals surface area contributed by atoms with E-state index in [1.807, 2.05) is 43.9 Å². The molecule has 2 aliphatic rings. The van der Waals surface area contributed by atoms with Crippen molar-refractivity contribution in [2.75, 3.05) is 26.3 Å². The monoisotopic (exact) mass is 564 g/mol. The SMILES string of the molecule is CC(=O)NC(=NCCCC(=O)OC(C)(C)C)N1CCc2cc(OCCON3C(=O)c4ccccc4C3=O)ccc2C1. The van der Waals surface area contributed by atoms with Gasteiger partial charge in [-0.05, 0) is 69.0 Å². The van der Waals surface area contributed by atoms with Gasteiger partial charge in [0.1, 0.15) is 24.6 Å². The van der Waals surface area contributed by atoms with E-state index in [4.69, 9.17) is 14.3 Å². The summed E-state index contributed by atoms with van der Waals surface area (Å²) in [5.41, 5.74) is 2.33. The number of esters is 1. The molecule has 2 heterocycles. The quantitative estimate of drug-likeness (QED) is 0.162. The van der Waals surface area contributed by atoms with Crippen LogP contribution in [-0.2, 0) is 32.1 Å². The molecule has 0 aliphatic carbocycles. The first-order chi connectivity index (χ1) is 19.5. The van der Waals surface area contributed by atoms with Crippen molar-refractivity contribution in [1.82, 2.24) is 15.3 Å².